The summed E-state index contributed by atoms with van der Waals surface area (Å²) in [5, 5.41) is 16.1. The van der Waals surface area contributed by atoms with Crippen molar-refractivity contribution in [2.24, 2.45) is 16.8 Å². The van der Waals surface area contributed by atoms with Crippen molar-refractivity contribution in [3.63, 3.8) is 0 Å². The van der Waals surface area contributed by atoms with Crippen molar-refractivity contribution in [3.05, 3.63) is 0 Å². The Morgan fingerprint density at radius 3 is 2.44 bits per heavy atom. The van der Waals surface area contributed by atoms with Gasteiger partial charge in [-0.1, -0.05) is 13.8 Å². The van der Waals surface area contributed by atoms with E-state index in [9.17, 15) is 5.11 Å². The summed E-state index contributed by atoms with van der Waals surface area (Å²) in [7, 11) is 4.28. The SMILES string of the molecule is CCNC(=NCC1(N(C)C)CCOCC1)NCC(CCO)CC(C)C. The topological polar surface area (TPSA) is 69.1 Å². The van der Waals surface area contributed by atoms with Gasteiger partial charge in [0.05, 0.1) is 6.54 Å². The molecule has 25 heavy (non-hydrogen) atoms. The summed E-state index contributed by atoms with van der Waals surface area (Å²) in [6.07, 6.45) is 3.99. The van der Waals surface area contributed by atoms with E-state index >= 15 is 0 Å². The number of nitrogens with zero attached hydrogens (tertiary/aromatic N) is 2. The van der Waals surface area contributed by atoms with E-state index in [2.05, 4.69) is 50.4 Å². The third-order valence-electron chi connectivity index (χ3n) is 5.15. The second-order valence-corrected chi connectivity index (χ2v) is 7.82. The Kier molecular flexibility index (Phi) is 10.4. The fraction of sp³-hybridized carbons (Fsp3) is 0.947. The molecule has 6 nitrogen and oxygen atoms in total. The van der Waals surface area contributed by atoms with Crippen LogP contribution in [0, 0.1) is 11.8 Å². The number of aliphatic hydroxyl groups is 1. The van der Waals surface area contributed by atoms with Crippen LogP contribution in [0.15, 0.2) is 4.99 Å². The lowest BCUT2D eigenvalue weighted by molar-refractivity contribution is -0.00255. The number of rotatable bonds is 10. The van der Waals surface area contributed by atoms with Crippen LogP contribution in [0.4, 0.5) is 0 Å². The summed E-state index contributed by atoms with van der Waals surface area (Å²) >= 11 is 0. The van der Waals surface area contributed by atoms with Gasteiger partial charge in [0, 0.05) is 38.4 Å². The first kappa shape index (κ1) is 22.2. The number of nitrogens with one attached hydrogen (secondary N) is 2. The third kappa shape index (κ3) is 7.92. The smallest absolute Gasteiger partial charge is 0.191 e. The van der Waals surface area contributed by atoms with Crippen molar-refractivity contribution < 1.29 is 9.84 Å². The fourth-order valence-electron chi connectivity index (χ4n) is 3.46. The molecule has 0 aromatic rings. The second-order valence-electron chi connectivity index (χ2n) is 7.82. The highest BCUT2D eigenvalue weighted by Crippen LogP contribution is 2.26. The molecular formula is C19H40N4O2. The third-order valence-corrected chi connectivity index (χ3v) is 5.15. The van der Waals surface area contributed by atoms with Gasteiger partial charge < -0.3 is 25.4 Å². The molecule has 0 saturated carbocycles. The lowest BCUT2D eigenvalue weighted by Crippen LogP contribution is -2.52. The summed E-state index contributed by atoms with van der Waals surface area (Å²) in [5.74, 6) is 1.98. The zero-order chi connectivity index (χ0) is 18.7. The number of aliphatic hydroxyl groups excluding tert-OH is 1. The maximum absolute atomic E-state index is 9.30. The predicted octanol–water partition coefficient (Wildman–Crippen LogP) is 1.70. The normalized spacial score (nSPS) is 19.3. The van der Waals surface area contributed by atoms with Gasteiger partial charge in [-0.3, -0.25) is 4.99 Å². The Hall–Kier alpha value is -0.850. The second kappa shape index (κ2) is 11.7. The van der Waals surface area contributed by atoms with Gasteiger partial charge in [0.1, 0.15) is 0 Å². The number of hydrogen-bond acceptors (Lipinski definition) is 4. The van der Waals surface area contributed by atoms with Crippen LogP contribution >= 0.6 is 0 Å². The quantitative estimate of drug-likeness (QED) is 0.411. The maximum Gasteiger partial charge on any atom is 0.191 e. The van der Waals surface area contributed by atoms with Gasteiger partial charge in [-0.25, -0.2) is 0 Å². The van der Waals surface area contributed by atoms with E-state index < -0.39 is 0 Å². The van der Waals surface area contributed by atoms with Crippen LogP contribution in [0.2, 0.25) is 0 Å². The van der Waals surface area contributed by atoms with Crippen LogP contribution in [-0.4, -0.2) is 75.1 Å². The molecule has 1 atom stereocenters. The molecule has 148 valence electrons. The molecule has 1 fully saturated rings. The molecule has 3 N–H and O–H groups in total. The highest BCUT2D eigenvalue weighted by Gasteiger charge is 2.34. The average Bonchev–Trinajstić information content (AvgIpc) is 2.57. The van der Waals surface area contributed by atoms with Gasteiger partial charge in [-0.2, -0.15) is 0 Å². The Bertz CT molecular complexity index is 380. The summed E-state index contributed by atoms with van der Waals surface area (Å²) in [5.41, 5.74) is 0.0863. The first-order valence-electron chi connectivity index (χ1n) is 9.81. The minimum atomic E-state index is 0.0863. The minimum Gasteiger partial charge on any atom is -0.396 e. The van der Waals surface area contributed by atoms with Gasteiger partial charge in [-0.05, 0) is 58.5 Å². The van der Waals surface area contributed by atoms with Gasteiger partial charge in [-0.15, -0.1) is 0 Å². The number of hydrogen-bond donors (Lipinski definition) is 3. The Morgan fingerprint density at radius 2 is 1.92 bits per heavy atom. The molecule has 6 heteroatoms. The van der Waals surface area contributed by atoms with Gasteiger partial charge in [0.25, 0.3) is 0 Å². The van der Waals surface area contributed by atoms with Crippen LogP contribution in [0.25, 0.3) is 0 Å². The van der Waals surface area contributed by atoms with Gasteiger partial charge in [0.15, 0.2) is 5.96 Å². The van der Waals surface area contributed by atoms with Crippen LogP contribution in [0.1, 0.15) is 46.5 Å². The average molecular weight is 357 g/mol. The largest absolute Gasteiger partial charge is 0.396 e. The molecule has 0 aliphatic carbocycles. The van der Waals surface area contributed by atoms with E-state index in [-0.39, 0.29) is 12.1 Å². The van der Waals surface area contributed by atoms with E-state index in [4.69, 9.17) is 9.73 Å². The van der Waals surface area contributed by atoms with E-state index in [1.54, 1.807) is 0 Å². The van der Waals surface area contributed by atoms with Crippen molar-refractivity contribution in [2.45, 2.75) is 52.0 Å². The van der Waals surface area contributed by atoms with Crippen molar-refractivity contribution in [3.8, 4) is 0 Å². The molecule has 0 aromatic heterocycles. The summed E-state index contributed by atoms with van der Waals surface area (Å²) < 4.78 is 5.54. The first-order valence-corrected chi connectivity index (χ1v) is 9.81. The molecule has 1 aliphatic rings. The van der Waals surface area contributed by atoms with Gasteiger partial charge in [0.2, 0.25) is 0 Å². The zero-order valence-corrected chi connectivity index (χ0v) is 17.0. The lowest BCUT2D eigenvalue weighted by Gasteiger charge is -2.41. The molecule has 1 rings (SSSR count). The van der Waals surface area contributed by atoms with Crippen molar-refractivity contribution in [1.29, 1.82) is 0 Å². The molecule has 0 aromatic carbocycles. The van der Waals surface area contributed by atoms with Crippen molar-refractivity contribution in [2.75, 3.05) is 53.6 Å². The summed E-state index contributed by atoms with van der Waals surface area (Å²) in [6, 6.07) is 0. The van der Waals surface area contributed by atoms with Gasteiger partial charge >= 0.3 is 0 Å². The number of likely N-dealkylation sites (N-methyl/N-ethyl adjacent to an activating group) is 1. The monoisotopic (exact) mass is 356 g/mol. The van der Waals surface area contributed by atoms with Crippen LogP contribution < -0.4 is 10.6 Å². The lowest BCUT2D eigenvalue weighted by atomic mass is 9.89. The molecule has 0 amide bonds. The predicted molar refractivity (Wildman–Crippen MR) is 105 cm³/mol. The van der Waals surface area contributed by atoms with E-state index in [1.165, 1.54) is 0 Å². The zero-order valence-electron chi connectivity index (χ0n) is 17.0. The standard InChI is InChI=1S/C19H40N4O2/c1-6-20-18(21-14-17(7-10-24)13-16(2)3)22-15-19(23(4)5)8-11-25-12-9-19/h16-17,24H,6-15H2,1-5H3,(H2,20,21,22). The fourth-order valence-corrected chi connectivity index (χ4v) is 3.46. The molecular weight excluding hydrogens is 316 g/mol. The maximum atomic E-state index is 9.30. The number of guanidine groups is 1. The number of ether oxygens (including phenoxy) is 1. The van der Waals surface area contributed by atoms with Crippen molar-refractivity contribution in [1.82, 2.24) is 15.5 Å². The minimum absolute atomic E-state index is 0.0863. The molecule has 1 heterocycles. The Labute approximate surface area is 154 Å². The highest BCUT2D eigenvalue weighted by atomic mass is 16.5. The van der Waals surface area contributed by atoms with E-state index in [0.29, 0.717) is 11.8 Å². The Balaban J connectivity index is 2.68. The molecule has 1 saturated heterocycles. The highest BCUT2D eigenvalue weighted by molar-refractivity contribution is 5.79. The number of aliphatic imine (C=N–C) groups is 1. The Morgan fingerprint density at radius 1 is 1.24 bits per heavy atom. The molecule has 1 aliphatic heterocycles. The van der Waals surface area contributed by atoms with Crippen LogP contribution in [-0.2, 0) is 4.74 Å². The summed E-state index contributed by atoms with van der Waals surface area (Å²) in [4.78, 5) is 7.18. The van der Waals surface area contributed by atoms with Crippen LogP contribution in [0.3, 0.4) is 0 Å². The summed E-state index contributed by atoms with van der Waals surface area (Å²) in [6.45, 7) is 10.9. The molecule has 0 radical (unpaired) electrons. The van der Waals surface area contributed by atoms with Crippen LogP contribution in [0.5, 0.6) is 0 Å². The van der Waals surface area contributed by atoms with E-state index in [0.717, 1.165) is 64.5 Å². The first-order chi connectivity index (χ1) is 11.9. The molecule has 0 spiro atoms. The molecule has 0 bridgehead atoms. The van der Waals surface area contributed by atoms with Crippen molar-refractivity contribution >= 4 is 5.96 Å². The molecule has 1 unspecified atom stereocenters. The van der Waals surface area contributed by atoms with E-state index in [1.807, 2.05) is 0 Å².